The highest BCUT2D eigenvalue weighted by atomic mass is 16.8. The summed E-state index contributed by atoms with van der Waals surface area (Å²) >= 11 is 0. The van der Waals surface area contributed by atoms with E-state index in [1.807, 2.05) is 25.2 Å². The molecule has 0 aromatic carbocycles. The smallest absolute Gasteiger partial charge is 0.303 e. The minimum atomic E-state index is -1.88. The number of aliphatic carboxylic acids is 1. The van der Waals surface area contributed by atoms with Crippen LogP contribution in [-0.4, -0.2) is 112 Å². The highest BCUT2D eigenvalue weighted by Crippen LogP contribution is 2.55. The summed E-state index contributed by atoms with van der Waals surface area (Å²) in [6, 6.07) is 0. The Balaban J connectivity index is 0.846. The first-order chi connectivity index (χ1) is 28.4. The second-order valence-corrected chi connectivity index (χ2v) is 20.9. The maximum absolute atomic E-state index is 12.4. The number of fused-ring (bicyclic) bond motifs is 5. The number of rotatable bonds is 9. The third-order valence-corrected chi connectivity index (χ3v) is 15.9. The van der Waals surface area contributed by atoms with Crippen molar-refractivity contribution < 1.29 is 58.0 Å². The van der Waals surface area contributed by atoms with E-state index in [9.17, 15) is 15.0 Å². The second kappa shape index (κ2) is 16.0. The monoisotopic (exact) mass is 841 g/mol. The third kappa shape index (κ3) is 7.81. The summed E-state index contributed by atoms with van der Waals surface area (Å²) in [4.78, 5) is 11.0. The molecule has 0 saturated carbocycles. The van der Waals surface area contributed by atoms with Crippen molar-refractivity contribution in [3.05, 3.63) is 36.5 Å². The Labute approximate surface area is 355 Å². The molecule has 8 saturated heterocycles. The summed E-state index contributed by atoms with van der Waals surface area (Å²) in [5.41, 5.74) is 0.390. The Bertz CT molecular complexity index is 1690. The van der Waals surface area contributed by atoms with Gasteiger partial charge in [0.05, 0.1) is 42.7 Å². The number of hydrogen-bond donors (Lipinski definition) is 4. The molecule has 20 atom stereocenters. The van der Waals surface area contributed by atoms with Crippen LogP contribution in [0.3, 0.4) is 0 Å². The van der Waals surface area contributed by atoms with Gasteiger partial charge in [-0.15, -0.1) is 0 Å². The van der Waals surface area contributed by atoms with Gasteiger partial charge < -0.3 is 53.2 Å². The maximum Gasteiger partial charge on any atom is 0.303 e. The van der Waals surface area contributed by atoms with Crippen LogP contribution in [0.2, 0.25) is 0 Å². The Morgan fingerprint density at radius 1 is 0.867 bits per heavy atom. The zero-order valence-electron chi connectivity index (χ0n) is 36.6. The van der Waals surface area contributed by atoms with E-state index < -0.39 is 53.2 Å². The predicted molar refractivity (Wildman–Crippen MR) is 219 cm³/mol. The van der Waals surface area contributed by atoms with Crippen LogP contribution in [0, 0.1) is 35.5 Å². The molecule has 0 unspecified atom stereocenters. The lowest BCUT2D eigenvalue weighted by Crippen LogP contribution is -2.62. The summed E-state index contributed by atoms with van der Waals surface area (Å²) < 4.78 is 54.1. The molecule has 9 aliphatic rings. The maximum atomic E-state index is 12.4. The van der Waals surface area contributed by atoms with Crippen molar-refractivity contribution in [1.29, 1.82) is 0 Å². The van der Waals surface area contributed by atoms with Gasteiger partial charge in [-0.25, -0.2) is 0 Å². The number of hydrogen-bond acceptors (Lipinski definition) is 12. The number of carbonyl (C=O) groups is 1. The fourth-order valence-electron chi connectivity index (χ4n) is 12.8. The Morgan fingerprint density at radius 2 is 1.67 bits per heavy atom. The molecular weight excluding hydrogens is 771 g/mol. The van der Waals surface area contributed by atoms with E-state index in [1.165, 1.54) is 0 Å². The number of aliphatic hydroxyl groups excluding tert-OH is 1. The van der Waals surface area contributed by atoms with Crippen molar-refractivity contribution >= 4 is 5.97 Å². The minimum absolute atomic E-state index is 0.0210. The molecule has 4 N–H and O–H groups in total. The first-order valence-corrected chi connectivity index (χ1v) is 23.3. The normalized spacial score (nSPS) is 52.9. The third-order valence-electron chi connectivity index (χ3n) is 15.9. The zero-order chi connectivity index (χ0) is 42.4. The number of ether oxygens (including phenoxy) is 8. The molecule has 9 rings (SSSR count). The van der Waals surface area contributed by atoms with Gasteiger partial charge in [0.25, 0.3) is 0 Å². The molecule has 0 radical (unpaired) electrons. The van der Waals surface area contributed by atoms with Crippen LogP contribution in [0.5, 0.6) is 0 Å². The van der Waals surface area contributed by atoms with E-state index in [-0.39, 0.29) is 60.8 Å². The van der Waals surface area contributed by atoms with Gasteiger partial charge in [-0.05, 0) is 73.8 Å². The van der Waals surface area contributed by atoms with Crippen LogP contribution in [0.15, 0.2) is 36.5 Å². The van der Waals surface area contributed by atoms with Gasteiger partial charge in [0.15, 0.2) is 23.1 Å². The van der Waals surface area contributed by atoms with Crippen molar-refractivity contribution in [2.75, 3.05) is 6.54 Å². The van der Waals surface area contributed by atoms with Gasteiger partial charge in [-0.2, -0.15) is 0 Å². The van der Waals surface area contributed by atoms with Crippen LogP contribution in [0.25, 0.3) is 0 Å². The number of aliphatic hydroxyl groups is 2. The molecule has 0 aromatic heterocycles. The molecule has 9 heterocycles. The van der Waals surface area contributed by atoms with E-state index in [2.05, 4.69) is 52.6 Å². The predicted octanol–water partition coefficient (Wildman–Crippen LogP) is 6.26. The Hall–Kier alpha value is -1.75. The van der Waals surface area contributed by atoms with Gasteiger partial charge in [0.1, 0.15) is 17.9 Å². The summed E-state index contributed by atoms with van der Waals surface area (Å²) in [6.45, 7) is 18.5. The summed E-state index contributed by atoms with van der Waals surface area (Å²) in [5, 5.41) is 37.3. The first kappa shape index (κ1) is 43.5. The molecule has 60 heavy (non-hydrogen) atoms. The molecule has 8 fully saturated rings. The molecular formula is C47H71NO12. The summed E-state index contributed by atoms with van der Waals surface area (Å²) in [6.07, 6.45) is 12.2. The highest BCUT2D eigenvalue weighted by Gasteiger charge is 2.64. The molecule has 13 heteroatoms. The molecule has 0 aliphatic carbocycles. The summed E-state index contributed by atoms with van der Waals surface area (Å²) in [5.74, 6) is -4.41. The zero-order valence-corrected chi connectivity index (χ0v) is 36.6. The molecule has 0 aromatic rings. The van der Waals surface area contributed by atoms with Crippen molar-refractivity contribution in [3.8, 4) is 0 Å². The molecule has 9 aliphatic heterocycles. The Morgan fingerprint density at radius 3 is 2.45 bits per heavy atom. The van der Waals surface area contributed by atoms with Crippen LogP contribution < -0.4 is 5.32 Å². The molecule has 3 spiro atoms. The lowest BCUT2D eigenvalue weighted by molar-refractivity contribution is -0.367. The number of carboxylic acids is 1. The van der Waals surface area contributed by atoms with Gasteiger partial charge in [0, 0.05) is 63.3 Å². The van der Waals surface area contributed by atoms with Crippen molar-refractivity contribution in [2.24, 2.45) is 35.5 Å². The van der Waals surface area contributed by atoms with Crippen molar-refractivity contribution in [3.63, 3.8) is 0 Å². The van der Waals surface area contributed by atoms with Crippen LogP contribution in [0.1, 0.15) is 125 Å². The standard InChI is InChI=1S/C47H71NO12/c1-26-18-36-41-38(24-45(58-41)30(5)17-27(2)25-48-45)56-44(22-26,55-36)23-29(4)40-28(3)19-32(7)47(52,59-40)42(51)37-21-35-34(53-37)20-31(6)46(57-35)16-15-43(60-46)14-10-12-33(54-43)11-8-9-13-39(49)50/h8,10-11,14,26-28,30-38,40-42,48,51-52H,4,9,12-13,15-25H2,1-3,5-7H3,(H,49,50)/b11-8+/t26-,27+,28+,30-,31+,32-,33-,34+,35+,36+,37-,38+,40+,41+,42-,43+,44-,45-,46-,47-/m0/s1. The van der Waals surface area contributed by atoms with E-state index in [1.54, 1.807) is 0 Å². The number of nitrogens with one attached hydrogen (secondary N) is 1. The van der Waals surface area contributed by atoms with Gasteiger partial charge >= 0.3 is 5.97 Å². The Kier molecular flexibility index (Phi) is 11.6. The van der Waals surface area contributed by atoms with Gasteiger partial charge in [-0.3, -0.25) is 10.1 Å². The quantitative estimate of drug-likeness (QED) is 0.193. The fraction of sp³-hybridized carbons (Fsp3) is 0.851. The van der Waals surface area contributed by atoms with E-state index in [0.29, 0.717) is 69.1 Å². The van der Waals surface area contributed by atoms with Crippen molar-refractivity contribution in [2.45, 2.75) is 209 Å². The number of allylic oxidation sites excluding steroid dienone is 1. The number of piperidine rings is 1. The van der Waals surface area contributed by atoms with Crippen molar-refractivity contribution in [1.82, 2.24) is 5.32 Å². The second-order valence-electron chi connectivity index (χ2n) is 20.9. The topological polar surface area (TPSA) is 164 Å². The SMILES string of the molecule is C=C(C[C@@]12C[C@@H](C)C[C@@H](O1)[C@H]1O[C@]3(C[C@H]1O2)NC[C@H](C)C[C@@H]3C)[C@@H]1O[C@](O)([C@@H](O)[C@@H]2C[C@H]3O[C@]4(CC[C@@]5(C=CC[C@H](/C=C/CCC(=O)O)O5)O4)[C@H](C)C[C@H]3O2)[C@@H](C)C[C@H]1C. The molecule has 2 bridgehead atoms. The summed E-state index contributed by atoms with van der Waals surface area (Å²) in [7, 11) is 0. The lowest BCUT2D eigenvalue weighted by atomic mass is 9.76. The fourth-order valence-corrected chi connectivity index (χ4v) is 12.8. The molecule has 336 valence electrons. The van der Waals surface area contributed by atoms with E-state index in [0.717, 1.165) is 37.8 Å². The minimum Gasteiger partial charge on any atom is -0.481 e. The van der Waals surface area contributed by atoms with E-state index in [4.69, 9.17) is 43.0 Å². The highest BCUT2D eigenvalue weighted by molar-refractivity contribution is 5.66. The average Bonchev–Trinajstić information content (AvgIpc) is 3.87. The van der Waals surface area contributed by atoms with E-state index >= 15 is 0 Å². The van der Waals surface area contributed by atoms with Crippen LogP contribution in [0.4, 0.5) is 0 Å². The average molecular weight is 842 g/mol. The van der Waals surface area contributed by atoms with Gasteiger partial charge in [-0.1, -0.05) is 66.3 Å². The van der Waals surface area contributed by atoms with Crippen LogP contribution >= 0.6 is 0 Å². The number of carboxylic acid groups (broad SMARTS) is 1. The first-order valence-electron chi connectivity index (χ1n) is 23.3. The largest absolute Gasteiger partial charge is 0.481 e. The van der Waals surface area contributed by atoms with Crippen LogP contribution in [-0.2, 0) is 42.7 Å². The lowest BCUT2D eigenvalue weighted by Gasteiger charge is -2.53. The molecule has 13 nitrogen and oxygen atoms in total. The van der Waals surface area contributed by atoms with Gasteiger partial charge in [0.2, 0.25) is 0 Å². The molecule has 0 amide bonds.